The average molecular weight is 152 g/mol. The van der Waals surface area contributed by atoms with Crippen LogP contribution in [-0.2, 0) is 0 Å². The molecular formula is C10H16O. The van der Waals surface area contributed by atoms with Gasteiger partial charge in [-0.25, -0.2) is 0 Å². The minimum Gasteiger partial charge on any atom is -0.388 e. The molecule has 0 saturated carbocycles. The molecule has 1 rings (SSSR count). The summed E-state index contributed by atoms with van der Waals surface area (Å²) >= 11 is 0. The second-order valence-corrected chi connectivity index (χ2v) is 2.99. The number of hydrogen-bond donors (Lipinski definition) is 1. The van der Waals surface area contributed by atoms with E-state index in [2.05, 4.69) is 25.2 Å². The molecule has 1 unspecified atom stereocenters. The van der Waals surface area contributed by atoms with Crippen LogP contribution in [0.15, 0.2) is 23.8 Å². The molecule has 62 valence electrons. The van der Waals surface area contributed by atoms with Gasteiger partial charge < -0.3 is 5.11 Å². The molecule has 0 bridgehead atoms. The van der Waals surface area contributed by atoms with E-state index in [1.807, 2.05) is 0 Å². The lowest BCUT2D eigenvalue weighted by atomic mass is 10.1. The first-order valence-corrected chi connectivity index (χ1v) is 4.39. The number of aliphatic hydroxyl groups is 1. The summed E-state index contributed by atoms with van der Waals surface area (Å²) < 4.78 is 0. The molecule has 1 heteroatoms. The SMILES string of the molecule is CCCC=CC1=CCCC1O. The van der Waals surface area contributed by atoms with E-state index < -0.39 is 0 Å². The van der Waals surface area contributed by atoms with Crippen LogP contribution in [0.2, 0.25) is 0 Å². The van der Waals surface area contributed by atoms with Gasteiger partial charge in [0, 0.05) is 0 Å². The normalized spacial score (nSPS) is 24.5. The maximum Gasteiger partial charge on any atom is 0.0789 e. The molecule has 1 nitrogen and oxygen atoms in total. The topological polar surface area (TPSA) is 20.2 Å². The Kier molecular flexibility index (Phi) is 3.37. The maximum atomic E-state index is 9.37. The van der Waals surface area contributed by atoms with E-state index in [-0.39, 0.29) is 6.10 Å². The standard InChI is InChI=1S/C10H16O/c1-2-3-4-6-9-7-5-8-10(9)11/h4,6-7,10-11H,2-3,5,8H2,1H3. The van der Waals surface area contributed by atoms with Gasteiger partial charge in [-0.2, -0.15) is 0 Å². The minimum atomic E-state index is -0.192. The van der Waals surface area contributed by atoms with Gasteiger partial charge in [0.2, 0.25) is 0 Å². The van der Waals surface area contributed by atoms with Gasteiger partial charge in [0.15, 0.2) is 0 Å². The van der Waals surface area contributed by atoms with E-state index in [0.717, 1.165) is 24.8 Å². The molecule has 1 aliphatic carbocycles. The van der Waals surface area contributed by atoms with Crippen LogP contribution in [-0.4, -0.2) is 11.2 Å². The average Bonchev–Trinajstić information content (AvgIpc) is 2.37. The third-order valence-electron chi connectivity index (χ3n) is 1.97. The van der Waals surface area contributed by atoms with Gasteiger partial charge in [-0.15, -0.1) is 0 Å². The lowest BCUT2D eigenvalue weighted by molar-refractivity contribution is 0.215. The van der Waals surface area contributed by atoms with Crippen molar-refractivity contribution in [2.75, 3.05) is 0 Å². The highest BCUT2D eigenvalue weighted by Crippen LogP contribution is 2.19. The van der Waals surface area contributed by atoms with Crippen molar-refractivity contribution >= 4 is 0 Å². The Morgan fingerprint density at radius 1 is 1.73 bits per heavy atom. The number of aliphatic hydroxyl groups excluding tert-OH is 1. The lowest BCUT2D eigenvalue weighted by Crippen LogP contribution is -2.01. The smallest absolute Gasteiger partial charge is 0.0789 e. The quantitative estimate of drug-likeness (QED) is 0.658. The lowest BCUT2D eigenvalue weighted by Gasteiger charge is -2.01. The molecule has 0 fully saturated rings. The van der Waals surface area contributed by atoms with Crippen molar-refractivity contribution in [3.8, 4) is 0 Å². The van der Waals surface area contributed by atoms with Crippen LogP contribution in [0.4, 0.5) is 0 Å². The predicted molar refractivity (Wildman–Crippen MR) is 47.4 cm³/mol. The monoisotopic (exact) mass is 152 g/mol. The zero-order valence-corrected chi connectivity index (χ0v) is 7.09. The summed E-state index contributed by atoms with van der Waals surface area (Å²) in [6.07, 6.45) is 10.4. The van der Waals surface area contributed by atoms with Crippen molar-refractivity contribution in [3.05, 3.63) is 23.8 Å². The van der Waals surface area contributed by atoms with E-state index in [4.69, 9.17) is 0 Å². The van der Waals surface area contributed by atoms with E-state index in [1.165, 1.54) is 6.42 Å². The van der Waals surface area contributed by atoms with E-state index in [1.54, 1.807) is 0 Å². The van der Waals surface area contributed by atoms with Crippen LogP contribution in [0.25, 0.3) is 0 Å². The maximum absolute atomic E-state index is 9.37. The van der Waals surface area contributed by atoms with Crippen LogP contribution in [0.1, 0.15) is 32.6 Å². The van der Waals surface area contributed by atoms with Gasteiger partial charge in [0.1, 0.15) is 0 Å². The first-order chi connectivity index (χ1) is 5.34. The Morgan fingerprint density at radius 3 is 3.09 bits per heavy atom. The molecule has 0 saturated heterocycles. The van der Waals surface area contributed by atoms with Gasteiger partial charge in [0.25, 0.3) is 0 Å². The molecule has 0 aliphatic heterocycles. The van der Waals surface area contributed by atoms with Gasteiger partial charge >= 0.3 is 0 Å². The van der Waals surface area contributed by atoms with Crippen molar-refractivity contribution in [2.24, 2.45) is 0 Å². The van der Waals surface area contributed by atoms with Crippen LogP contribution in [0.5, 0.6) is 0 Å². The summed E-state index contributed by atoms with van der Waals surface area (Å²) in [7, 11) is 0. The Morgan fingerprint density at radius 2 is 2.55 bits per heavy atom. The Hall–Kier alpha value is -0.560. The molecule has 11 heavy (non-hydrogen) atoms. The summed E-state index contributed by atoms with van der Waals surface area (Å²) in [5, 5.41) is 9.37. The number of hydrogen-bond acceptors (Lipinski definition) is 1. The van der Waals surface area contributed by atoms with Crippen molar-refractivity contribution in [1.29, 1.82) is 0 Å². The summed E-state index contributed by atoms with van der Waals surface area (Å²) in [6, 6.07) is 0. The van der Waals surface area contributed by atoms with Gasteiger partial charge in [-0.05, 0) is 24.8 Å². The Labute approximate surface area is 68.4 Å². The molecule has 0 aromatic carbocycles. The third-order valence-corrected chi connectivity index (χ3v) is 1.97. The summed E-state index contributed by atoms with van der Waals surface area (Å²) in [5.41, 5.74) is 1.11. The zero-order valence-electron chi connectivity index (χ0n) is 7.09. The number of unbranched alkanes of at least 4 members (excludes halogenated alkanes) is 1. The fourth-order valence-electron chi connectivity index (χ4n) is 1.28. The van der Waals surface area contributed by atoms with Gasteiger partial charge in [0.05, 0.1) is 6.10 Å². The second-order valence-electron chi connectivity index (χ2n) is 2.99. The molecule has 0 amide bonds. The van der Waals surface area contributed by atoms with E-state index >= 15 is 0 Å². The summed E-state index contributed by atoms with van der Waals surface area (Å²) in [4.78, 5) is 0. The van der Waals surface area contributed by atoms with Gasteiger partial charge in [-0.1, -0.05) is 31.6 Å². The molecule has 1 N–H and O–H groups in total. The van der Waals surface area contributed by atoms with Crippen molar-refractivity contribution in [2.45, 2.75) is 38.7 Å². The molecular weight excluding hydrogens is 136 g/mol. The first-order valence-electron chi connectivity index (χ1n) is 4.39. The van der Waals surface area contributed by atoms with Crippen molar-refractivity contribution < 1.29 is 5.11 Å². The number of allylic oxidation sites excluding steroid dienone is 2. The zero-order chi connectivity index (χ0) is 8.10. The van der Waals surface area contributed by atoms with Crippen LogP contribution < -0.4 is 0 Å². The fraction of sp³-hybridized carbons (Fsp3) is 0.600. The minimum absolute atomic E-state index is 0.192. The van der Waals surface area contributed by atoms with Crippen LogP contribution in [0, 0.1) is 0 Å². The van der Waals surface area contributed by atoms with Crippen molar-refractivity contribution in [1.82, 2.24) is 0 Å². The van der Waals surface area contributed by atoms with E-state index in [0.29, 0.717) is 0 Å². The van der Waals surface area contributed by atoms with Crippen LogP contribution >= 0.6 is 0 Å². The largest absolute Gasteiger partial charge is 0.388 e. The van der Waals surface area contributed by atoms with Gasteiger partial charge in [-0.3, -0.25) is 0 Å². The first kappa shape index (κ1) is 8.54. The number of rotatable bonds is 3. The van der Waals surface area contributed by atoms with E-state index in [9.17, 15) is 5.11 Å². The molecule has 1 atom stereocenters. The summed E-state index contributed by atoms with van der Waals surface area (Å²) in [5.74, 6) is 0. The van der Waals surface area contributed by atoms with Crippen LogP contribution in [0.3, 0.4) is 0 Å². The molecule has 0 aromatic heterocycles. The fourth-order valence-corrected chi connectivity index (χ4v) is 1.28. The second kappa shape index (κ2) is 4.35. The molecule has 0 heterocycles. The molecule has 0 spiro atoms. The highest BCUT2D eigenvalue weighted by Gasteiger charge is 2.12. The Bertz CT molecular complexity index is 168. The Balaban J connectivity index is 2.36. The molecule has 1 aliphatic rings. The molecule has 0 radical (unpaired) electrons. The third kappa shape index (κ3) is 2.51. The highest BCUT2D eigenvalue weighted by molar-refractivity contribution is 5.26. The van der Waals surface area contributed by atoms with Crippen molar-refractivity contribution in [3.63, 3.8) is 0 Å². The molecule has 0 aromatic rings. The summed E-state index contributed by atoms with van der Waals surface area (Å²) in [6.45, 7) is 2.16. The highest BCUT2D eigenvalue weighted by atomic mass is 16.3. The predicted octanol–water partition coefficient (Wildman–Crippen LogP) is 2.42.